The molecule has 0 aliphatic heterocycles. The second-order valence-corrected chi connectivity index (χ2v) is 10.4. The maximum absolute atomic E-state index is 12.9. The Morgan fingerprint density at radius 2 is 1.97 bits per heavy atom. The van der Waals surface area contributed by atoms with Crippen molar-refractivity contribution in [3.63, 3.8) is 0 Å². The van der Waals surface area contributed by atoms with Crippen LogP contribution in [-0.4, -0.2) is 37.5 Å². The van der Waals surface area contributed by atoms with Crippen molar-refractivity contribution in [1.29, 1.82) is 0 Å². The molecule has 0 spiro atoms. The molecule has 2 aromatic carbocycles. The van der Waals surface area contributed by atoms with Crippen LogP contribution >= 0.6 is 22.7 Å². The molecule has 1 amide bonds. The van der Waals surface area contributed by atoms with Crippen LogP contribution in [-0.2, 0) is 21.3 Å². The number of carbonyl (C=O) groups excluding carboxylic acids is 1. The third-order valence-corrected chi connectivity index (χ3v) is 7.68. The molecule has 0 bridgehead atoms. The van der Waals surface area contributed by atoms with Gasteiger partial charge in [-0.2, -0.15) is 4.99 Å². The third-order valence-electron chi connectivity index (χ3n) is 4.62. The summed E-state index contributed by atoms with van der Waals surface area (Å²) in [6.45, 7) is 0.757. The number of non-ortho nitro benzene ring substituents is 1. The van der Waals surface area contributed by atoms with Gasteiger partial charge in [-0.1, -0.05) is 11.3 Å². The maximum atomic E-state index is 12.9. The van der Waals surface area contributed by atoms with Crippen molar-refractivity contribution in [3.8, 4) is 0 Å². The predicted molar refractivity (Wildman–Crippen MR) is 121 cm³/mol. The molecule has 0 aliphatic rings. The summed E-state index contributed by atoms with van der Waals surface area (Å²) in [4.78, 5) is 28.3. The number of fused-ring (bicyclic) bond motifs is 2. The van der Waals surface area contributed by atoms with E-state index in [2.05, 4.69) is 4.99 Å². The van der Waals surface area contributed by atoms with E-state index in [0.717, 1.165) is 16.0 Å². The number of hydrogen-bond donors (Lipinski definition) is 1. The second kappa shape index (κ2) is 8.52. The fourth-order valence-electron chi connectivity index (χ4n) is 3.11. The molecule has 2 aromatic heterocycles. The number of thiophene rings is 1. The van der Waals surface area contributed by atoms with Gasteiger partial charge in [-0.25, -0.2) is 13.6 Å². The normalized spacial score (nSPS) is 12.6. The van der Waals surface area contributed by atoms with Gasteiger partial charge < -0.3 is 9.30 Å². The average Bonchev–Trinajstić information content (AvgIpc) is 3.31. The number of aromatic nitrogens is 1. The molecule has 0 unspecified atom stereocenters. The largest absolute Gasteiger partial charge is 0.383 e. The third kappa shape index (κ3) is 4.33. The fraction of sp³-hybridized carbons (Fsp3) is 0.158. The molecule has 10 nitrogen and oxygen atoms in total. The zero-order chi connectivity index (χ0) is 23.0. The molecule has 0 atom stereocenters. The number of nitro benzene ring substituents is 1. The number of sulfonamides is 1. The predicted octanol–water partition coefficient (Wildman–Crippen LogP) is 2.86. The Morgan fingerprint density at radius 1 is 1.19 bits per heavy atom. The number of carbonyl (C=O) groups is 1. The number of ether oxygens (including phenoxy) is 1. The minimum Gasteiger partial charge on any atom is -0.383 e. The monoisotopic (exact) mass is 492 g/mol. The van der Waals surface area contributed by atoms with Crippen LogP contribution in [0.1, 0.15) is 9.67 Å². The number of benzene rings is 2. The van der Waals surface area contributed by atoms with Gasteiger partial charge in [0, 0.05) is 35.9 Å². The lowest BCUT2D eigenvalue weighted by molar-refractivity contribution is -0.384. The van der Waals surface area contributed by atoms with Crippen molar-refractivity contribution in [1.82, 2.24) is 4.57 Å². The summed E-state index contributed by atoms with van der Waals surface area (Å²) >= 11 is 2.35. The van der Waals surface area contributed by atoms with Crippen molar-refractivity contribution < 1.29 is 22.9 Å². The van der Waals surface area contributed by atoms with E-state index in [1.165, 1.54) is 35.6 Å². The number of amides is 1. The highest BCUT2D eigenvalue weighted by molar-refractivity contribution is 7.89. The van der Waals surface area contributed by atoms with Gasteiger partial charge in [-0.05, 0) is 30.3 Å². The lowest BCUT2D eigenvalue weighted by Crippen LogP contribution is -2.19. The van der Waals surface area contributed by atoms with Crippen LogP contribution in [0.3, 0.4) is 0 Å². The van der Waals surface area contributed by atoms with E-state index in [-0.39, 0.29) is 10.6 Å². The summed E-state index contributed by atoms with van der Waals surface area (Å²) in [6, 6.07) is 10.4. The zero-order valence-corrected chi connectivity index (χ0v) is 19.0. The molecule has 2 N–H and O–H groups in total. The molecule has 4 rings (SSSR count). The van der Waals surface area contributed by atoms with Crippen LogP contribution < -0.4 is 9.94 Å². The molecular formula is C19H16N4O6S3. The van der Waals surface area contributed by atoms with Gasteiger partial charge in [-0.15, -0.1) is 11.3 Å². The average molecular weight is 493 g/mol. The quantitative estimate of drug-likeness (QED) is 0.323. The molecule has 166 valence electrons. The number of thiazole rings is 1. The van der Waals surface area contributed by atoms with E-state index in [1.807, 2.05) is 0 Å². The second-order valence-electron chi connectivity index (χ2n) is 6.71. The van der Waals surface area contributed by atoms with E-state index in [1.54, 1.807) is 29.9 Å². The highest BCUT2D eigenvalue weighted by atomic mass is 32.2. The first-order chi connectivity index (χ1) is 15.2. The topological polar surface area (TPSA) is 147 Å². The van der Waals surface area contributed by atoms with Crippen LogP contribution in [0.4, 0.5) is 5.69 Å². The molecule has 4 aromatic rings. The highest BCUT2D eigenvalue weighted by Gasteiger charge is 2.16. The van der Waals surface area contributed by atoms with Gasteiger partial charge in [0.05, 0.1) is 31.5 Å². The Labute approximate surface area is 189 Å². The molecule has 0 aliphatic carbocycles. The molecule has 0 radical (unpaired) electrons. The van der Waals surface area contributed by atoms with Gasteiger partial charge in [0.1, 0.15) is 0 Å². The van der Waals surface area contributed by atoms with Crippen molar-refractivity contribution in [3.05, 3.63) is 62.3 Å². The van der Waals surface area contributed by atoms with E-state index >= 15 is 0 Å². The van der Waals surface area contributed by atoms with Crippen LogP contribution in [0.15, 0.2) is 52.4 Å². The van der Waals surface area contributed by atoms with Gasteiger partial charge >= 0.3 is 0 Å². The number of nitro groups is 1. The van der Waals surface area contributed by atoms with Crippen molar-refractivity contribution in [2.45, 2.75) is 11.4 Å². The Morgan fingerprint density at radius 3 is 2.66 bits per heavy atom. The van der Waals surface area contributed by atoms with Crippen molar-refractivity contribution >= 4 is 64.6 Å². The molecule has 0 fully saturated rings. The van der Waals surface area contributed by atoms with Gasteiger partial charge in [0.25, 0.3) is 11.6 Å². The Balaban J connectivity index is 1.81. The number of primary sulfonamides is 1. The molecular weight excluding hydrogens is 476 g/mol. The Hall–Kier alpha value is -2.97. The van der Waals surface area contributed by atoms with Crippen LogP contribution in [0.25, 0.3) is 20.3 Å². The fourth-order valence-corrected chi connectivity index (χ4v) is 5.74. The van der Waals surface area contributed by atoms with E-state index < -0.39 is 20.9 Å². The van der Waals surface area contributed by atoms with Gasteiger partial charge in [0.15, 0.2) is 4.80 Å². The standard InChI is InChI=1S/C19H16N4O6S3/c1-29-7-6-22-14-4-3-13(32(20,27)28)10-16(14)31-19(22)21-18(24)17-9-11-8-12(23(25)26)2-5-15(11)30-17/h2-5,8-10H,6-7H2,1H3,(H2,20,27,28). The maximum Gasteiger partial charge on any atom is 0.289 e. The molecule has 2 heterocycles. The minimum absolute atomic E-state index is 0.0332. The van der Waals surface area contributed by atoms with Gasteiger partial charge in [-0.3, -0.25) is 14.9 Å². The van der Waals surface area contributed by atoms with E-state index in [4.69, 9.17) is 9.88 Å². The summed E-state index contributed by atoms with van der Waals surface area (Å²) in [7, 11) is -2.33. The number of methoxy groups -OCH3 is 1. The first kappa shape index (κ1) is 22.2. The lowest BCUT2D eigenvalue weighted by atomic mass is 10.2. The molecule has 0 saturated carbocycles. The number of nitrogens with zero attached hydrogens (tertiary/aromatic N) is 3. The summed E-state index contributed by atoms with van der Waals surface area (Å²) in [5.41, 5.74) is 0.636. The van der Waals surface area contributed by atoms with Gasteiger partial charge in [0.2, 0.25) is 10.0 Å². The Kier molecular flexibility index (Phi) is 5.92. The smallest absolute Gasteiger partial charge is 0.289 e. The van der Waals surface area contributed by atoms with Crippen LogP contribution in [0.5, 0.6) is 0 Å². The summed E-state index contributed by atoms with van der Waals surface area (Å²) in [5.74, 6) is -0.502. The number of nitrogens with two attached hydrogens (primary N) is 1. The van der Waals surface area contributed by atoms with Crippen molar-refractivity contribution in [2.24, 2.45) is 10.1 Å². The first-order valence-corrected chi connectivity index (χ1v) is 12.3. The zero-order valence-electron chi connectivity index (χ0n) is 16.5. The van der Waals surface area contributed by atoms with Crippen LogP contribution in [0, 0.1) is 10.1 Å². The lowest BCUT2D eigenvalue weighted by Gasteiger charge is -2.04. The summed E-state index contributed by atoms with van der Waals surface area (Å²) in [5, 5.41) is 16.8. The molecule has 13 heteroatoms. The first-order valence-electron chi connectivity index (χ1n) is 9.09. The molecule has 0 saturated heterocycles. The van der Waals surface area contributed by atoms with Crippen LogP contribution in [0.2, 0.25) is 0 Å². The van der Waals surface area contributed by atoms with E-state index in [0.29, 0.717) is 38.4 Å². The number of rotatable bonds is 6. The van der Waals surface area contributed by atoms with E-state index in [9.17, 15) is 23.3 Å². The van der Waals surface area contributed by atoms with Crippen molar-refractivity contribution in [2.75, 3.05) is 13.7 Å². The SMILES string of the molecule is COCCn1c(=NC(=O)c2cc3cc([N+](=O)[O-])ccc3s2)sc2cc(S(N)(=O)=O)ccc21. The minimum atomic E-state index is -3.88. The number of hydrogen-bond acceptors (Lipinski definition) is 8. The Bertz CT molecular complexity index is 1550. The summed E-state index contributed by atoms with van der Waals surface area (Å²) < 4.78 is 31.6. The highest BCUT2D eigenvalue weighted by Crippen LogP contribution is 2.29. The summed E-state index contributed by atoms with van der Waals surface area (Å²) in [6.07, 6.45) is 0. The molecule has 32 heavy (non-hydrogen) atoms.